The molecule has 0 aromatic heterocycles. The summed E-state index contributed by atoms with van der Waals surface area (Å²) in [5, 5.41) is 14.0. The van der Waals surface area contributed by atoms with Crippen LogP contribution in [0.1, 0.15) is 97.0 Å². The number of nitrogens with one attached hydrogen (secondary N) is 1. The van der Waals surface area contributed by atoms with E-state index in [0.29, 0.717) is 0 Å². The van der Waals surface area contributed by atoms with Crippen molar-refractivity contribution in [3.63, 3.8) is 0 Å². The first-order valence-corrected chi connectivity index (χ1v) is 13.7. The van der Waals surface area contributed by atoms with Gasteiger partial charge in [0.15, 0.2) is 0 Å². The van der Waals surface area contributed by atoms with Crippen molar-refractivity contribution in [2.24, 2.45) is 5.92 Å². The van der Waals surface area contributed by atoms with Crippen LogP contribution in [-0.4, -0.2) is 17.8 Å². The van der Waals surface area contributed by atoms with Crippen molar-refractivity contribution >= 4 is 0 Å². The van der Waals surface area contributed by atoms with Crippen LogP contribution in [0.5, 0.6) is 0 Å². The summed E-state index contributed by atoms with van der Waals surface area (Å²) in [6.45, 7) is 15.9. The molecule has 2 aliphatic rings. The molecular formula is C32H49NO. The van der Waals surface area contributed by atoms with Crippen LogP contribution in [0.2, 0.25) is 0 Å². The molecule has 2 N–H and O–H groups in total. The maximum atomic E-state index is 10.5. The molecule has 0 spiro atoms. The molecule has 0 radical (unpaired) electrons. The van der Waals surface area contributed by atoms with Gasteiger partial charge in [0.05, 0.1) is 6.10 Å². The summed E-state index contributed by atoms with van der Waals surface area (Å²) in [5.41, 5.74) is 8.26. The molecule has 1 saturated carbocycles. The summed E-state index contributed by atoms with van der Waals surface area (Å²) in [5.74, 6) is 0.903. The van der Waals surface area contributed by atoms with Crippen molar-refractivity contribution in [2.45, 2.75) is 104 Å². The van der Waals surface area contributed by atoms with Crippen LogP contribution in [0.4, 0.5) is 0 Å². The van der Waals surface area contributed by atoms with Crippen LogP contribution in [0.3, 0.4) is 0 Å². The Hall–Kier alpha value is -2.06. The molecule has 188 valence electrons. The lowest BCUT2D eigenvalue weighted by Gasteiger charge is -2.13. The lowest BCUT2D eigenvalue weighted by molar-refractivity contribution is 0.155. The minimum atomic E-state index is -0.225. The van der Waals surface area contributed by atoms with Crippen LogP contribution in [0, 0.1) is 5.92 Å². The van der Waals surface area contributed by atoms with Gasteiger partial charge in [-0.25, -0.2) is 0 Å². The van der Waals surface area contributed by atoms with Gasteiger partial charge in [0, 0.05) is 12.2 Å². The summed E-state index contributed by atoms with van der Waals surface area (Å²) >= 11 is 0. The Kier molecular flexibility index (Phi) is 13.1. The largest absolute Gasteiger partial charge is 0.393 e. The highest BCUT2D eigenvalue weighted by atomic mass is 16.3. The van der Waals surface area contributed by atoms with Crippen LogP contribution < -0.4 is 5.32 Å². The first kappa shape index (κ1) is 28.2. The van der Waals surface area contributed by atoms with Gasteiger partial charge >= 0.3 is 0 Å². The monoisotopic (exact) mass is 463 g/mol. The smallest absolute Gasteiger partial charge is 0.0546 e. The van der Waals surface area contributed by atoms with E-state index in [0.717, 1.165) is 70.3 Å². The third kappa shape index (κ3) is 10.9. The van der Waals surface area contributed by atoms with E-state index >= 15 is 0 Å². The van der Waals surface area contributed by atoms with Gasteiger partial charge in [-0.2, -0.15) is 0 Å². The highest BCUT2D eigenvalue weighted by molar-refractivity contribution is 5.41. The summed E-state index contributed by atoms with van der Waals surface area (Å²) in [7, 11) is 0. The van der Waals surface area contributed by atoms with Crippen molar-refractivity contribution in [3.05, 3.63) is 83.1 Å². The first-order valence-electron chi connectivity index (χ1n) is 13.7. The average molecular weight is 464 g/mol. The van der Waals surface area contributed by atoms with E-state index in [1.165, 1.54) is 52.8 Å². The van der Waals surface area contributed by atoms with Gasteiger partial charge < -0.3 is 10.4 Å². The Bertz CT molecular complexity index is 813. The minimum Gasteiger partial charge on any atom is -0.393 e. The zero-order valence-corrected chi connectivity index (χ0v) is 22.2. The maximum Gasteiger partial charge on any atom is 0.0546 e. The Labute approximate surface area is 209 Å². The molecule has 1 atom stereocenters. The predicted octanol–water partition coefficient (Wildman–Crippen LogP) is 8.45. The molecule has 1 aromatic carbocycles. The van der Waals surface area contributed by atoms with Gasteiger partial charge in [0.25, 0.3) is 0 Å². The summed E-state index contributed by atoms with van der Waals surface area (Å²) in [6.07, 6.45) is 15.2. The standard InChI is InChI=1S/C30H43NO.C2H6/c1-23(8-7-9-25(3)31-22-27-14-15-27)12-21-30-24(2)13-17-28(30)18-20-29(32)19-16-26-10-5-4-6-11-26;1-2/h4-6,10-12,27,29,31-32H,2-3,7-9,13-22H2,1H3;1-2H3/b23-12-;/t29-;/m0./s1. The van der Waals surface area contributed by atoms with Crippen LogP contribution in [0.15, 0.2) is 77.6 Å². The quantitative estimate of drug-likeness (QED) is 0.256. The lowest BCUT2D eigenvalue weighted by Crippen LogP contribution is -2.15. The molecule has 0 heterocycles. The fraction of sp³-hybridized carbons (Fsp3) is 0.562. The molecule has 1 fully saturated rings. The average Bonchev–Trinajstić information content (AvgIpc) is 3.62. The van der Waals surface area contributed by atoms with Gasteiger partial charge in [-0.3, -0.25) is 0 Å². The number of aliphatic hydroxyl groups is 1. The Morgan fingerprint density at radius 1 is 1.09 bits per heavy atom. The highest BCUT2D eigenvalue weighted by Gasteiger charge is 2.20. The SMILES string of the molecule is C=C(CCC/C(C)=C\CC1=C(CC[C@@H](O)CCc2ccccc2)CCC1=C)NCC1CC1.CC. The zero-order chi connectivity index (χ0) is 24.8. The molecule has 0 saturated heterocycles. The van der Waals surface area contributed by atoms with E-state index in [1.54, 1.807) is 0 Å². The predicted molar refractivity (Wildman–Crippen MR) is 149 cm³/mol. The van der Waals surface area contributed by atoms with Gasteiger partial charge in [0.2, 0.25) is 0 Å². The van der Waals surface area contributed by atoms with E-state index in [2.05, 4.69) is 55.7 Å². The second-order valence-electron chi connectivity index (χ2n) is 9.94. The second kappa shape index (κ2) is 15.8. The summed E-state index contributed by atoms with van der Waals surface area (Å²) < 4.78 is 0. The van der Waals surface area contributed by atoms with E-state index in [-0.39, 0.29) is 6.10 Å². The summed E-state index contributed by atoms with van der Waals surface area (Å²) in [4.78, 5) is 0. The molecule has 2 nitrogen and oxygen atoms in total. The van der Waals surface area contributed by atoms with Gasteiger partial charge in [-0.1, -0.05) is 80.1 Å². The molecule has 2 heteroatoms. The zero-order valence-electron chi connectivity index (χ0n) is 22.2. The fourth-order valence-corrected chi connectivity index (χ4v) is 4.54. The van der Waals surface area contributed by atoms with Crippen molar-refractivity contribution in [1.82, 2.24) is 5.32 Å². The lowest BCUT2D eigenvalue weighted by atomic mass is 9.97. The second-order valence-corrected chi connectivity index (χ2v) is 9.94. The molecule has 0 aliphatic heterocycles. The van der Waals surface area contributed by atoms with Crippen molar-refractivity contribution in [3.8, 4) is 0 Å². The van der Waals surface area contributed by atoms with Crippen LogP contribution in [-0.2, 0) is 6.42 Å². The number of benzene rings is 1. The molecule has 2 aliphatic carbocycles. The molecule has 1 aromatic rings. The number of aryl methyl sites for hydroxylation is 1. The molecular weight excluding hydrogens is 414 g/mol. The number of allylic oxidation sites excluding steroid dienone is 6. The van der Waals surface area contributed by atoms with Crippen molar-refractivity contribution < 1.29 is 5.11 Å². The third-order valence-corrected chi connectivity index (χ3v) is 7.01. The van der Waals surface area contributed by atoms with Crippen molar-refractivity contribution in [2.75, 3.05) is 6.54 Å². The molecule has 34 heavy (non-hydrogen) atoms. The topological polar surface area (TPSA) is 32.3 Å². The molecule has 0 bridgehead atoms. The van der Waals surface area contributed by atoms with Crippen LogP contribution >= 0.6 is 0 Å². The number of hydrogen-bond acceptors (Lipinski definition) is 2. The van der Waals surface area contributed by atoms with Gasteiger partial charge in [-0.05, 0) is 101 Å². The number of hydrogen-bond donors (Lipinski definition) is 2. The van der Waals surface area contributed by atoms with E-state index in [4.69, 9.17) is 0 Å². The number of rotatable bonds is 15. The summed E-state index contributed by atoms with van der Waals surface area (Å²) in [6, 6.07) is 10.5. The van der Waals surface area contributed by atoms with Gasteiger partial charge in [0.1, 0.15) is 0 Å². The normalized spacial score (nSPS) is 16.8. The Morgan fingerprint density at radius 3 is 2.50 bits per heavy atom. The minimum absolute atomic E-state index is 0.225. The van der Waals surface area contributed by atoms with Crippen LogP contribution in [0.25, 0.3) is 0 Å². The van der Waals surface area contributed by atoms with Gasteiger partial charge in [-0.15, -0.1) is 0 Å². The van der Waals surface area contributed by atoms with E-state index in [1.807, 2.05) is 19.9 Å². The third-order valence-electron chi connectivity index (χ3n) is 7.01. The molecule has 0 amide bonds. The molecule has 3 rings (SSSR count). The maximum absolute atomic E-state index is 10.5. The fourth-order valence-electron chi connectivity index (χ4n) is 4.54. The highest BCUT2D eigenvalue weighted by Crippen LogP contribution is 2.36. The number of aliphatic hydroxyl groups excluding tert-OH is 1. The Balaban J connectivity index is 0.00000199. The van der Waals surface area contributed by atoms with E-state index in [9.17, 15) is 5.11 Å². The van der Waals surface area contributed by atoms with Crippen molar-refractivity contribution in [1.29, 1.82) is 0 Å². The molecule has 0 unspecified atom stereocenters. The Morgan fingerprint density at radius 2 is 1.79 bits per heavy atom. The first-order chi connectivity index (χ1) is 16.5. The van der Waals surface area contributed by atoms with E-state index < -0.39 is 0 Å².